The second-order valence-corrected chi connectivity index (χ2v) is 8.81. The summed E-state index contributed by atoms with van der Waals surface area (Å²) in [7, 11) is 5.80. The molecule has 2 radical (unpaired) electrons. The molecule has 1 heterocycles. The molecule has 1 saturated heterocycles. The fourth-order valence-corrected chi connectivity index (χ4v) is 4.47. The molecule has 0 bridgehead atoms. The Morgan fingerprint density at radius 1 is 1.00 bits per heavy atom. The lowest BCUT2D eigenvalue weighted by Crippen LogP contribution is -2.47. The van der Waals surface area contributed by atoms with Crippen LogP contribution in [0.15, 0.2) is 54.6 Å². The number of ether oxygens (including phenoxy) is 1. The Morgan fingerprint density at radius 2 is 1.68 bits per heavy atom. The monoisotopic (exact) mass is 415 g/mol. The van der Waals surface area contributed by atoms with Crippen molar-refractivity contribution in [3.63, 3.8) is 0 Å². The van der Waals surface area contributed by atoms with Crippen LogP contribution in [-0.2, 0) is 5.41 Å². The third kappa shape index (κ3) is 6.35. The minimum atomic E-state index is -0.402. The molecule has 4 nitrogen and oxygen atoms in total. The SMILES string of the molecule is [B]c1cccc(OCCN2CCN(CCCC(C#N)(c3ccccc3)C(C)C)CC2)c1. The highest BCUT2D eigenvalue weighted by atomic mass is 16.5. The van der Waals surface area contributed by atoms with E-state index in [2.05, 4.69) is 41.8 Å². The third-order valence-corrected chi connectivity index (χ3v) is 6.52. The number of hydrogen-bond donors (Lipinski definition) is 0. The molecule has 31 heavy (non-hydrogen) atoms. The van der Waals surface area contributed by atoms with Gasteiger partial charge in [-0.3, -0.25) is 4.90 Å². The first-order valence-corrected chi connectivity index (χ1v) is 11.4. The van der Waals surface area contributed by atoms with Crippen LogP contribution >= 0.6 is 0 Å². The summed E-state index contributed by atoms with van der Waals surface area (Å²) in [6, 6.07) is 20.6. The molecule has 5 heteroatoms. The lowest BCUT2D eigenvalue weighted by atomic mass is 9.70. The Bertz CT molecular complexity index is 843. The van der Waals surface area contributed by atoms with Gasteiger partial charge in [0, 0.05) is 32.7 Å². The Hall–Kier alpha value is -2.29. The molecule has 2 aromatic carbocycles. The van der Waals surface area contributed by atoms with Gasteiger partial charge in [-0.2, -0.15) is 5.26 Å². The highest BCUT2D eigenvalue weighted by Crippen LogP contribution is 2.36. The number of hydrogen-bond acceptors (Lipinski definition) is 4. The molecular weight excluding hydrogens is 381 g/mol. The summed E-state index contributed by atoms with van der Waals surface area (Å²) in [4.78, 5) is 4.99. The lowest BCUT2D eigenvalue weighted by molar-refractivity contribution is 0.114. The molecule has 162 valence electrons. The minimum absolute atomic E-state index is 0.289. The largest absolute Gasteiger partial charge is 0.492 e. The summed E-state index contributed by atoms with van der Waals surface area (Å²) in [5, 5.41) is 10.1. The fraction of sp³-hybridized carbons (Fsp3) is 0.500. The zero-order valence-corrected chi connectivity index (χ0v) is 19.0. The maximum Gasteiger partial charge on any atom is 0.118 e. The Morgan fingerprint density at radius 3 is 2.29 bits per heavy atom. The van der Waals surface area contributed by atoms with Crippen molar-refractivity contribution >= 4 is 13.3 Å². The van der Waals surface area contributed by atoms with Gasteiger partial charge in [-0.15, -0.1) is 0 Å². The van der Waals surface area contributed by atoms with Crippen molar-refractivity contribution < 1.29 is 4.74 Å². The molecule has 1 aliphatic heterocycles. The van der Waals surface area contributed by atoms with Gasteiger partial charge in [0.1, 0.15) is 20.2 Å². The Balaban J connectivity index is 1.40. The van der Waals surface area contributed by atoms with Crippen molar-refractivity contribution in [2.45, 2.75) is 32.1 Å². The maximum atomic E-state index is 10.1. The first kappa shape index (κ1) is 23.4. The van der Waals surface area contributed by atoms with Gasteiger partial charge in [0.15, 0.2) is 0 Å². The summed E-state index contributed by atoms with van der Waals surface area (Å²) >= 11 is 0. The van der Waals surface area contributed by atoms with Gasteiger partial charge in [0.05, 0.1) is 11.5 Å². The van der Waals surface area contributed by atoms with Gasteiger partial charge in [0.25, 0.3) is 0 Å². The number of piperazine rings is 1. The van der Waals surface area contributed by atoms with Crippen LogP contribution < -0.4 is 10.2 Å². The van der Waals surface area contributed by atoms with Crippen LogP contribution in [-0.4, -0.2) is 63.5 Å². The molecule has 0 spiro atoms. The molecule has 0 aromatic heterocycles. The molecule has 1 unspecified atom stereocenters. The van der Waals surface area contributed by atoms with Gasteiger partial charge < -0.3 is 9.64 Å². The standard InChI is InChI=1S/C26H34BN3O/c1-22(2)26(21-28,23-8-4-3-5-9-23)12-7-13-29-14-16-30(17-15-29)18-19-31-25-11-6-10-24(27)20-25/h3-6,8-11,20,22H,7,12-19H2,1-2H3. The number of benzene rings is 2. The van der Waals surface area contributed by atoms with Crippen molar-refractivity contribution in [3.8, 4) is 11.8 Å². The van der Waals surface area contributed by atoms with Crippen molar-refractivity contribution in [1.82, 2.24) is 9.80 Å². The van der Waals surface area contributed by atoms with Crippen LogP contribution in [0.25, 0.3) is 0 Å². The van der Waals surface area contributed by atoms with E-state index in [9.17, 15) is 5.26 Å². The van der Waals surface area contributed by atoms with Crippen LogP contribution in [0.4, 0.5) is 0 Å². The first-order chi connectivity index (χ1) is 15.0. The van der Waals surface area contributed by atoms with Crippen LogP contribution in [0.5, 0.6) is 5.75 Å². The third-order valence-electron chi connectivity index (χ3n) is 6.52. The molecule has 0 N–H and O–H groups in total. The predicted molar refractivity (Wildman–Crippen MR) is 128 cm³/mol. The van der Waals surface area contributed by atoms with Crippen molar-refractivity contribution in [1.29, 1.82) is 5.26 Å². The Labute approximate surface area is 189 Å². The topological polar surface area (TPSA) is 39.5 Å². The second-order valence-electron chi connectivity index (χ2n) is 8.81. The van der Waals surface area contributed by atoms with Crippen LogP contribution in [0.3, 0.4) is 0 Å². The van der Waals surface area contributed by atoms with E-state index in [1.54, 1.807) is 0 Å². The highest BCUT2D eigenvalue weighted by Gasteiger charge is 2.35. The number of nitrogens with zero attached hydrogens (tertiary/aromatic N) is 3. The minimum Gasteiger partial charge on any atom is -0.492 e. The van der Waals surface area contributed by atoms with Crippen molar-refractivity contribution in [3.05, 3.63) is 60.2 Å². The van der Waals surface area contributed by atoms with Crippen LogP contribution in [0, 0.1) is 17.2 Å². The average Bonchev–Trinajstić information content (AvgIpc) is 2.78. The summed E-state index contributed by atoms with van der Waals surface area (Å²) in [6.45, 7) is 11.3. The quantitative estimate of drug-likeness (QED) is 0.558. The predicted octanol–water partition coefficient (Wildman–Crippen LogP) is 3.37. The molecule has 1 fully saturated rings. The second kappa shape index (κ2) is 11.4. The molecule has 2 aromatic rings. The van der Waals surface area contributed by atoms with Gasteiger partial charge >= 0.3 is 0 Å². The molecule has 0 amide bonds. The Kier molecular flexibility index (Phi) is 8.57. The summed E-state index contributed by atoms with van der Waals surface area (Å²) < 4.78 is 5.83. The van der Waals surface area contributed by atoms with E-state index in [4.69, 9.17) is 12.6 Å². The smallest absolute Gasteiger partial charge is 0.118 e. The molecule has 1 atom stereocenters. The van der Waals surface area contributed by atoms with Gasteiger partial charge in [0.2, 0.25) is 0 Å². The normalized spacial score (nSPS) is 17.2. The van der Waals surface area contributed by atoms with Crippen LogP contribution in [0.1, 0.15) is 32.3 Å². The highest BCUT2D eigenvalue weighted by molar-refractivity contribution is 6.32. The fourth-order valence-electron chi connectivity index (χ4n) is 4.47. The van der Waals surface area contributed by atoms with E-state index < -0.39 is 5.41 Å². The van der Waals surface area contributed by atoms with Gasteiger partial charge in [-0.05, 0) is 43.0 Å². The van der Waals surface area contributed by atoms with E-state index in [0.717, 1.165) is 68.9 Å². The molecular formula is C26H34BN3O. The summed E-state index contributed by atoms with van der Waals surface area (Å²) in [6.07, 6.45) is 1.94. The summed E-state index contributed by atoms with van der Waals surface area (Å²) in [5.41, 5.74) is 1.48. The maximum absolute atomic E-state index is 10.1. The van der Waals surface area contributed by atoms with Crippen molar-refractivity contribution in [2.75, 3.05) is 45.9 Å². The number of nitriles is 1. The zero-order valence-electron chi connectivity index (χ0n) is 19.0. The number of rotatable bonds is 10. The van der Waals surface area contributed by atoms with Crippen LogP contribution in [0.2, 0.25) is 0 Å². The van der Waals surface area contributed by atoms with E-state index in [1.807, 2.05) is 42.5 Å². The van der Waals surface area contributed by atoms with E-state index in [1.165, 1.54) is 0 Å². The first-order valence-electron chi connectivity index (χ1n) is 11.4. The average molecular weight is 415 g/mol. The van der Waals surface area contributed by atoms with Gasteiger partial charge in [-0.25, -0.2) is 0 Å². The van der Waals surface area contributed by atoms with E-state index in [0.29, 0.717) is 6.61 Å². The van der Waals surface area contributed by atoms with Crippen molar-refractivity contribution in [2.24, 2.45) is 5.92 Å². The molecule has 3 rings (SSSR count). The summed E-state index contributed by atoms with van der Waals surface area (Å²) in [5.74, 6) is 1.12. The van der Waals surface area contributed by atoms with E-state index in [-0.39, 0.29) is 5.92 Å². The zero-order chi connectivity index (χ0) is 22.1. The van der Waals surface area contributed by atoms with E-state index >= 15 is 0 Å². The van der Waals surface area contributed by atoms with Gasteiger partial charge in [-0.1, -0.05) is 61.8 Å². The molecule has 0 saturated carbocycles. The molecule has 0 aliphatic carbocycles. The molecule has 1 aliphatic rings. The lowest BCUT2D eigenvalue weighted by Gasteiger charge is -2.36.